The van der Waals surface area contributed by atoms with E-state index < -0.39 is 6.04 Å². The van der Waals surface area contributed by atoms with Crippen molar-refractivity contribution >= 4 is 34.2 Å². The molecule has 35 heavy (non-hydrogen) atoms. The largest absolute Gasteiger partial charge is 0.352 e. The van der Waals surface area contributed by atoms with Crippen molar-refractivity contribution in [2.75, 3.05) is 11.4 Å². The number of carbonyl (C=O) groups is 3. The number of nitrogens with zero attached hydrogens (tertiary/aromatic N) is 2. The van der Waals surface area contributed by atoms with E-state index in [1.165, 1.54) is 0 Å². The zero-order valence-electron chi connectivity index (χ0n) is 20.3. The molecule has 0 saturated heterocycles. The molecule has 1 heterocycles. The van der Waals surface area contributed by atoms with Gasteiger partial charge in [0, 0.05) is 23.5 Å². The molecule has 0 radical (unpaired) electrons. The molecule has 0 aromatic heterocycles. The van der Waals surface area contributed by atoms with Crippen molar-refractivity contribution < 1.29 is 14.4 Å². The Bertz CT molecular complexity index is 1290. The van der Waals surface area contributed by atoms with Crippen molar-refractivity contribution in [2.45, 2.75) is 58.2 Å². The number of hydrogen-bond acceptors (Lipinski definition) is 3. The Kier molecular flexibility index (Phi) is 6.29. The molecule has 0 unspecified atom stereocenters. The van der Waals surface area contributed by atoms with Gasteiger partial charge >= 0.3 is 0 Å². The highest BCUT2D eigenvalue weighted by Gasteiger charge is 2.34. The van der Waals surface area contributed by atoms with E-state index in [1.807, 2.05) is 61.5 Å². The summed E-state index contributed by atoms with van der Waals surface area (Å²) in [6.45, 7) is 3.98. The van der Waals surface area contributed by atoms with Gasteiger partial charge in [0.15, 0.2) is 0 Å². The fourth-order valence-corrected chi connectivity index (χ4v) is 5.31. The summed E-state index contributed by atoms with van der Waals surface area (Å²) in [7, 11) is 0. The van der Waals surface area contributed by atoms with Crippen LogP contribution in [0, 0.1) is 6.92 Å². The van der Waals surface area contributed by atoms with Crippen LogP contribution in [0.3, 0.4) is 0 Å². The summed E-state index contributed by atoms with van der Waals surface area (Å²) in [5.41, 5.74) is 3.40. The number of benzene rings is 3. The van der Waals surface area contributed by atoms with Crippen LogP contribution in [0.4, 0.5) is 5.69 Å². The summed E-state index contributed by atoms with van der Waals surface area (Å²) in [5, 5.41) is 4.99. The molecule has 3 amide bonds. The molecule has 1 fully saturated rings. The van der Waals surface area contributed by atoms with Crippen molar-refractivity contribution in [3.63, 3.8) is 0 Å². The second-order valence-electron chi connectivity index (χ2n) is 9.69. The number of anilines is 1. The summed E-state index contributed by atoms with van der Waals surface area (Å²) < 4.78 is 0. The van der Waals surface area contributed by atoms with Crippen molar-refractivity contribution in [1.82, 2.24) is 10.2 Å². The third-order valence-corrected chi connectivity index (χ3v) is 7.41. The van der Waals surface area contributed by atoms with E-state index in [0.29, 0.717) is 12.1 Å². The van der Waals surface area contributed by atoms with E-state index in [9.17, 15) is 14.4 Å². The molecule has 1 N–H and O–H groups in total. The van der Waals surface area contributed by atoms with Gasteiger partial charge in [-0.3, -0.25) is 19.3 Å². The van der Waals surface area contributed by atoms with Crippen LogP contribution in [0.25, 0.3) is 10.8 Å². The van der Waals surface area contributed by atoms with Gasteiger partial charge in [-0.2, -0.15) is 0 Å². The molecule has 1 saturated carbocycles. The zero-order valence-corrected chi connectivity index (χ0v) is 20.3. The highest BCUT2D eigenvalue weighted by atomic mass is 16.2. The number of nitrogens with one attached hydrogen (secondary N) is 1. The molecule has 6 nitrogen and oxygen atoms in total. The Morgan fingerprint density at radius 2 is 1.74 bits per heavy atom. The van der Waals surface area contributed by atoms with Gasteiger partial charge < -0.3 is 10.2 Å². The average molecular weight is 470 g/mol. The highest BCUT2D eigenvalue weighted by Crippen LogP contribution is 2.37. The molecule has 5 rings (SSSR count). The monoisotopic (exact) mass is 469 g/mol. The van der Waals surface area contributed by atoms with E-state index in [2.05, 4.69) is 5.32 Å². The Hall–Kier alpha value is -3.67. The summed E-state index contributed by atoms with van der Waals surface area (Å²) in [5.74, 6) is -0.568. The first-order valence-corrected chi connectivity index (χ1v) is 12.4. The Morgan fingerprint density at radius 1 is 1.03 bits per heavy atom. The minimum absolute atomic E-state index is 0.112. The van der Waals surface area contributed by atoms with Crippen LogP contribution in [-0.4, -0.2) is 41.2 Å². The number of carbonyl (C=O) groups excluding carboxylic acids is 3. The van der Waals surface area contributed by atoms with E-state index >= 15 is 0 Å². The van der Waals surface area contributed by atoms with Gasteiger partial charge in [0.2, 0.25) is 11.8 Å². The maximum absolute atomic E-state index is 13.8. The van der Waals surface area contributed by atoms with Crippen LogP contribution in [0.5, 0.6) is 0 Å². The van der Waals surface area contributed by atoms with Crippen LogP contribution in [-0.2, 0) is 16.1 Å². The van der Waals surface area contributed by atoms with Gasteiger partial charge in [-0.1, -0.05) is 61.4 Å². The molecular formula is C29H31N3O3. The van der Waals surface area contributed by atoms with E-state index in [1.54, 1.807) is 22.8 Å². The van der Waals surface area contributed by atoms with Crippen molar-refractivity contribution in [2.24, 2.45) is 0 Å². The first-order chi connectivity index (χ1) is 16.9. The number of aryl methyl sites for hydroxylation is 1. The summed E-state index contributed by atoms with van der Waals surface area (Å²) in [6, 6.07) is 18.8. The van der Waals surface area contributed by atoms with Gasteiger partial charge in [-0.25, -0.2) is 0 Å². The van der Waals surface area contributed by atoms with Crippen LogP contribution in [0.2, 0.25) is 0 Å². The third-order valence-electron chi connectivity index (χ3n) is 7.41. The predicted octanol–water partition coefficient (Wildman–Crippen LogP) is 4.58. The van der Waals surface area contributed by atoms with Gasteiger partial charge in [0.1, 0.15) is 12.6 Å². The Morgan fingerprint density at radius 3 is 2.49 bits per heavy atom. The van der Waals surface area contributed by atoms with Crippen molar-refractivity contribution in [1.29, 1.82) is 0 Å². The quantitative estimate of drug-likeness (QED) is 0.551. The van der Waals surface area contributed by atoms with Crippen LogP contribution < -0.4 is 10.2 Å². The molecular weight excluding hydrogens is 438 g/mol. The van der Waals surface area contributed by atoms with Crippen LogP contribution in [0.15, 0.2) is 60.7 Å². The fraction of sp³-hybridized carbons (Fsp3) is 0.345. The Balaban J connectivity index is 1.41. The molecule has 2 aliphatic rings. The van der Waals surface area contributed by atoms with Gasteiger partial charge in [-0.15, -0.1) is 0 Å². The fourth-order valence-electron chi connectivity index (χ4n) is 5.31. The summed E-state index contributed by atoms with van der Waals surface area (Å²) in [6.07, 6.45) is 4.20. The van der Waals surface area contributed by atoms with E-state index in [-0.39, 0.29) is 30.3 Å². The average Bonchev–Trinajstić information content (AvgIpc) is 3.47. The first kappa shape index (κ1) is 23.1. The van der Waals surface area contributed by atoms with Crippen molar-refractivity contribution in [3.8, 4) is 0 Å². The minimum Gasteiger partial charge on any atom is -0.352 e. The van der Waals surface area contributed by atoms with Crippen LogP contribution >= 0.6 is 0 Å². The maximum atomic E-state index is 13.8. The van der Waals surface area contributed by atoms with E-state index in [4.69, 9.17) is 0 Å². The zero-order chi connectivity index (χ0) is 24.5. The topological polar surface area (TPSA) is 69.7 Å². The lowest BCUT2D eigenvalue weighted by molar-refractivity contribution is -0.139. The minimum atomic E-state index is -0.654. The molecule has 1 aliphatic heterocycles. The molecule has 1 atom stereocenters. The lowest BCUT2D eigenvalue weighted by Gasteiger charge is -2.31. The standard InChI is InChI=1S/C29H31N3O3/c1-19-9-3-4-10-22(19)17-31(20(2)28(34)30-23-13-5-6-14-23)26(33)18-32-25-16-8-12-21-11-7-15-24(27(21)25)29(32)35/h3-4,7-12,15-16,20,23H,5-6,13-14,17-18H2,1-2H3,(H,30,34)/t20-/m0/s1. The number of amides is 3. The number of rotatable bonds is 7. The Labute approximate surface area is 205 Å². The molecule has 1 aliphatic carbocycles. The summed E-state index contributed by atoms with van der Waals surface area (Å²) in [4.78, 5) is 43.4. The second-order valence-corrected chi connectivity index (χ2v) is 9.69. The normalized spacial score (nSPS) is 16.1. The van der Waals surface area contributed by atoms with Crippen LogP contribution in [0.1, 0.15) is 54.1 Å². The molecule has 3 aromatic rings. The highest BCUT2D eigenvalue weighted by molar-refractivity contribution is 6.26. The molecule has 3 aromatic carbocycles. The lowest BCUT2D eigenvalue weighted by Crippen LogP contribution is -2.52. The first-order valence-electron chi connectivity index (χ1n) is 12.4. The SMILES string of the molecule is Cc1ccccc1CN(C(=O)CN1C(=O)c2cccc3cccc1c23)[C@@H](C)C(=O)NC1CCCC1. The second kappa shape index (κ2) is 9.53. The molecule has 0 bridgehead atoms. The lowest BCUT2D eigenvalue weighted by atomic mass is 10.1. The van der Waals surface area contributed by atoms with Gasteiger partial charge in [-0.05, 0) is 55.3 Å². The van der Waals surface area contributed by atoms with Gasteiger partial charge in [0.05, 0.1) is 5.69 Å². The molecule has 180 valence electrons. The molecule has 0 spiro atoms. The van der Waals surface area contributed by atoms with Crippen molar-refractivity contribution in [3.05, 3.63) is 77.4 Å². The molecule has 6 heteroatoms. The maximum Gasteiger partial charge on any atom is 0.259 e. The summed E-state index contributed by atoms with van der Waals surface area (Å²) >= 11 is 0. The predicted molar refractivity (Wildman–Crippen MR) is 137 cm³/mol. The smallest absolute Gasteiger partial charge is 0.259 e. The third kappa shape index (κ3) is 4.41. The number of hydrogen-bond donors (Lipinski definition) is 1. The van der Waals surface area contributed by atoms with Gasteiger partial charge in [0.25, 0.3) is 5.91 Å². The van der Waals surface area contributed by atoms with E-state index in [0.717, 1.165) is 53.3 Å².